The molecule has 0 bridgehead atoms. The van der Waals surface area contributed by atoms with E-state index in [0.29, 0.717) is 16.5 Å². The Labute approximate surface area is 131 Å². The lowest BCUT2D eigenvalue weighted by Crippen LogP contribution is -2.32. The summed E-state index contributed by atoms with van der Waals surface area (Å²) in [6.07, 6.45) is -0.733. The van der Waals surface area contributed by atoms with Crippen LogP contribution in [0.2, 0.25) is 5.02 Å². The third-order valence-electron chi connectivity index (χ3n) is 2.79. The zero-order valence-corrected chi connectivity index (χ0v) is 12.9. The van der Waals surface area contributed by atoms with Crippen LogP contribution >= 0.6 is 22.9 Å². The van der Waals surface area contributed by atoms with Crippen molar-refractivity contribution in [3.63, 3.8) is 0 Å². The van der Waals surface area contributed by atoms with Crippen LogP contribution in [0.15, 0.2) is 35.0 Å². The van der Waals surface area contributed by atoms with Crippen LogP contribution in [0, 0.1) is 0 Å². The Morgan fingerprint density at radius 3 is 2.95 bits per heavy atom. The van der Waals surface area contributed by atoms with Crippen LogP contribution in [0.5, 0.6) is 5.75 Å². The second-order valence-corrected chi connectivity index (χ2v) is 5.47. The number of rotatable bonds is 5. The molecule has 1 aromatic heterocycles. The van der Waals surface area contributed by atoms with Gasteiger partial charge in [-0.1, -0.05) is 11.6 Å². The van der Waals surface area contributed by atoms with Gasteiger partial charge < -0.3 is 20.5 Å². The standard InChI is InChI=1S/C14H15ClN2O3S/c1-20-13-3-2-10(15)6-11(13)17-14(19)16-7-12(18)9-4-5-21-8-9/h2-6,8,12,18H,7H2,1H3,(H2,16,17,19). The van der Waals surface area contributed by atoms with Crippen LogP contribution in [-0.2, 0) is 0 Å². The number of hydrogen-bond donors (Lipinski definition) is 3. The monoisotopic (exact) mass is 326 g/mol. The highest BCUT2D eigenvalue weighted by Gasteiger charge is 2.11. The van der Waals surface area contributed by atoms with Gasteiger partial charge >= 0.3 is 6.03 Å². The number of carbonyl (C=O) groups excluding carboxylic acids is 1. The lowest BCUT2D eigenvalue weighted by molar-refractivity contribution is 0.175. The minimum Gasteiger partial charge on any atom is -0.495 e. The van der Waals surface area contributed by atoms with Gasteiger partial charge in [-0.15, -0.1) is 0 Å². The zero-order valence-electron chi connectivity index (χ0n) is 11.3. The number of aliphatic hydroxyl groups excluding tert-OH is 1. The molecule has 3 N–H and O–H groups in total. The molecule has 2 aromatic rings. The first-order valence-corrected chi connectivity index (χ1v) is 7.51. The normalized spacial score (nSPS) is 11.8. The molecule has 21 heavy (non-hydrogen) atoms. The third-order valence-corrected chi connectivity index (χ3v) is 3.73. The number of benzene rings is 1. The molecule has 5 nitrogen and oxygen atoms in total. The maximum Gasteiger partial charge on any atom is 0.319 e. The molecule has 0 radical (unpaired) electrons. The minimum atomic E-state index is -0.733. The molecule has 2 rings (SSSR count). The predicted molar refractivity (Wildman–Crippen MR) is 84.3 cm³/mol. The van der Waals surface area contributed by atoms with E-state index in [9.17, 15) is 9.90 Å². The van der Waals surface area contributed by atoms with Crippen LogP contribution in [0.25, 0.3) is 0 Å². The Balaban J connectivity index is 1.91. The molecule has 0 saturated carbocycles. The van der Waals surface area contributed by atoms with Crippen molar-refractivity contribution in [3.8, 4) is 5.75 Å². The molecule has 0 aliphatic rings. The summed E-state index contributed by atoms with van der Waals surface area (Å²) < 4.78 is 5.14. The first kappa shape index (κ1) is 15.6. The molecule has 0 spiro atoms. The number of halogens is 1. The van der Waals surface area contributed by atoms with Crippen LogP contribution in [0.4, 0.5) is 10.5 Å². The number of ether oxygens (including phenoxy) is 1. The first-order valence-electron chi connectivity index (χ1n) is 6.18. The second-order valence-electron chi connectivity index (χ2n) is 4.25. The molecule has 1 aromatic carbocycles. The van der Waals surface area contributed by atoms with E-state index >= 15 is 0 Å². The summed E-state index contributed by atoms with van der Waals surface area (Å²) in [5, 5.41) is 19.3. The van der Waals surface area contributed by atoms with Crippen LogP contribution in [0.1, 0.15) is 11.7 Å². The van der Waals surface area contributed by atoms with E-state index in [1.54, 1.807) is 18.2 Å². The number of amides is 2. The first-order chi connectivity index (χ1) is 10.1. The summed E-state index contributed by atoms with van der Waals surface area (Å²) in [5.74, 6) is 0.507. The smallest absolute Gasteiger partial charge is 0.319 e. The van der Waals surface area contributed by atoms with E-state index in [0.717, 1.165) is 5.56 Å². The summed E-state index contributed by atoms with van der Waals surface area (Å²) in [6.45, 7) is 0.117. The van der Waals surface area contributed by atoms with E-state index in [-0.39, 0.29) is 6.54 Å². The van der Waals surface area contributed by atoms with Crippen molar-refractivity contribution in [1.82, 2.24) is 5.32 Å². The van der Waals surface area contributed by atoms with Gasteiger partial charge in [0.15, 0.2) is 0 Å². The van der Waals surface area contributed by atoms with Gasteiger partial charge in [-0.3, -0.25) is 0 Å². The Bertz CT molecular complexity index is 604. The van der Waals surface area contributed by atoms with Crippen LogP contribution in [0.3, 0.4) is 0 Å². The SMILES string of the molecule is COc1ccc(Cl)cc1NC(=O)NCC(O)c1ccsc1. The van der Waals surface area contributed by atoms with E-state index < -0.39 is 12.1 Å². The second kappa shape index (κ2) is 7.31. The number of aliphatic hydroxyl groups is 1. The van der Waals surface area contributed by atoms with Gasteiger partial charge in [0.25, 0.3) is 0 Å². The molecule has 0 aliphatic heterocycles. The Morgan fingerprint density at radius 2 is 2.29 bits per heavy atom. The summed E-state index contributed by atoms with van der Waals surface area (Å²) in [6, 6.07) is 6.30. The maximum atomic E-state index is 11.8. The number of nitrogens with one attached hydrogen (secondary N) is 2. The summed E-state index contributed by atoms with van der Waals surface area (Å²) in [5.41, 5.74) is 1.24. The van der Waals surface area contributed by atoms with Crippen LogP contribution < -0.4 is 15.4 Å². The highest BCUT2D eigenvalue weighted by Crippen LogP contribution is 2.27. The van der Waals surface area contributed by atoms with Crippen molar-refractivity contribution in [3.05, 3.63) is 45.6 Å². The molecule has 0 fully saturated rings. The third kappa shape index (κ3) is 4.35. The zero-order chi connectivity index (χ0) is 15.2. The van der Waals surface area contributed by atoms with Crippen molar-refractivity contribution >= 4 is 34.7 Å². The Hall–Kier alpha value is -1.76. The molecule has 0 saturated heterocycles. The molecule has 1 unspecified atom stereocenters. The largest absolute Gasteiger partial charge is 0.495 e. The number of methoxy groups -OCH3 is 1. The van der Waals surface area contributed by atoms with E-state index in [4.69, 9.17) is 16.3 Å². The van der Waals surface area contributed by atoms with Crippen molar-refractivity contribution in [2.24, 2.45) is 0 Å². The number of carbonyl (C=O) groups is 1. The summed E-state index contributed by atoms with van der Waals surface area (Å²) in [7, 11) is 1.51. The minimum absolute atomic E-state index is 0.117. The topological polar surface area (TPSA) is 70.6 Å². The maximum absolute atomic E-state index is 11.8. The van der Waals surface area contributed by atoms with E-state index in [1.807, 2.05) is 16.8 Å². The summed E-state index contributed by atoms with van der Waals surface area (Å²) in [4.78, 5) is 11.8. The quantitative estimate of drug-likeness (QED) is 0.789. The predicted octanol–water partition coefficient (Wildman–Crippen LogP) is 3.27. The molecule has 7 heteroatoms. The molecule has 2 amide bonds. The van der Waals surface area contributed by atoms with E-state index in [1.165, 1.54) is 18.4 Å². The highest BCUT2D eigenvalue weighted by atomic mass is 35.5. The highest BCUT2D eigenvalue weighted by molar-refractivity contribution is 7.07. The molecule has 112 valence electrons. The number of urea groups is 1. The average molecular weight is 327 g/mol. The molecular formula is C14H15ClN2O3S. The fraction of sp³-hybridized carbons (Fsp3) is 0.214. The van der Waals surface area contributed by atoms with E-state index in [2.05, 4.69) is 10.6 Å². The van der Waals surface area contributed by atoms with Crippen molar-refractivity contribution in [2.75, 3.05) is 19.0 Å². The van der Waals surface area contributed by atoms with Crippen LogP contribution in [-0.4, -0.2) is 24.8 Å². The molecule has 1 heterocycles. The van der Waals surface area contributed by atoms with Gasteiger partial charge in [-0.05, 0) is 40.6 Å². The Kier molecular flexibility index (Phi) is 5.44. The Morgan fingerprint density at radius 1 is 1.48 bits per heavy atom. The fourth-order valence-electron chi connectivity index (χ4n) is 1.72. The summed E-state index contributed by atoms with van der Waals surface area (Å²) >= 11 is 7.38. The lowest BCUT2D eigenvalue weighted by Gasteiger charge is -2.13. The van der Waals surface area contributed by atoms with Crippen molar-refractivity contribution < 1.29 is 14.6 Å². The van der Waals surface area contributed by atoms with Gasteiger partial charge in [0.2, 0.25) is 0 Å². The van der Waals surface area contributed by atoms with Gasteiger partial charge in [-0.2, -0.15) is 11.3 Å². The number of thiophene rings is 1. The van der Waals surface area contributed by atoms with Gasteiger partial charge in [-0.25, -0.2) is 4.79 Å². The molecular weight excluding hydrogens is 312 g/mol. The van der Waals surface area contributed by atoms with Gasteiger partial charge in [0.05, 0.1) is 18.9 Å². The fourth-order valence-corrected chi connectivity index (χ4v) is 2.60. The lowest BCUT2D eigenvalue weighted by atomic mass is 10.2. The number of anilines is 1. The molecule has 0 aliphatic carbocycles. The average Bonchev–Trinajstić information content (AvgIpc) is 2.99. The van der Waals surface area contributed by atoms with Crippen molar-refractivity contribution in [2.45, 2.75) is 6.10 Å². The van der Waals surface area contributed by atoms with Gasteiger partial charge in [0.1, 0.15) is 5.75 Å². The van der Waals surface area contributed by atoms with Crippen molar-refractivity contribution in [1.29, 1.82) is 0 Å². The number of hydrogen-bond acceptors (Lipinski definition) is 4. The molecule has 1 atom stereocenters. The van der Waals surface area contributed by atoms with Gasteiger partial charge in [0, 0.05) is 11.6 Å².